The summed E-state index contributed by atoms with van der Waals surface area (Å²) in [5.41, 5.74) is 0. The monoisotopic (exact) mass is 1110 g/mol. The van der Waals surface area contributed by atoms with Gasteiger partial charge in [0.1, 0.15) is 13.2 Å². The van der Waals surface area contributed by atoms with Crippen LogP contribution < -0.4 is 10.2 Å². The largest absolute Gasteiger partial charge is 0.756 e. The Bertz CT molecular complexity index is 1450. The van der Waals surface area contributed by atoms with Gasteiger partial charge in [0, 0.05) is 6.42 Å². The number of aliphatic hydroxyl groups is 1. The van der Waals surface area contributed by atoms with E-state index < -0.39 is 20.0 Å². The molecule has 0 rings (SSSR count). The standard InChI is InChI=1S/C69H131N2O6P/c1-6-8-10-12-14-16-18-20-22-24-26-28-30-31-32-33-34-35-36-37-38-39-41-43-45-47-49-51-53-55-57-59-61-63-69(73)70-67(66-77-78(74,75)76-65-64-71(3,4)5)68(72)62-60-58-56-54-52-50-48-46-44-42-40-29-27-25-23-21-19-17-15-13-11-9-7-2/h8,10,14,16,20,22,26,28,31-32,67-68,72H,6-7,9,11-13,15,17-19,21,23-25,27,29-30,33-66H2,1-5H3,(H-,70,73,74,75)/b10-8-,16-14-,22-20-,28-26-,32-31-. The summed E-state index contributed by atoms with van der Waals surface area (Å²) in [6.45, 7) is 4.65. The Kier molecular flexibility index (Phi) is 58.4. The van der Waals surface area contributed by atoms with Crippen molar-refractivity contribution in [2.75, 3.05) is 40.9 Å². The average molecular weight is 1120 g/mol. The van der Waals surface area contributed by atoms with Crippen molar-refractivity contribution in [1.82, 2.24) is 5.32 Å². The first kappa shape index (κ1) is 76.2. The number of quaternary nitrogens is 1. The fourth-order valence-corrected chi connectivity index (χ4v) is 10.8. The highest BCUT2D eigenvalue weighted by Crippen LogP contribution is 2.38. The summed E-state index contributed by atoms with van der Waals surface area (Å²) in [4.78, 5) is 25.6. The fourth-order valence-electron chi connectivity index (χ4n) is 10.1. The molecule has 0 aromatic carbocycles. The second-order valence-corrected chi connectivity index (χ2v) is 25.6. The molecule has 0 radical (unpaired) electrons. The predicted octanol–water partition coefficient (Wildman–Crippen LogP) is 20.6. The quantitative estimate of drug-likeness (QED) is 0.0272. The number of nitrogens with zero attached hydrogens (tertiary/aromatic N) is 1. The molecule has 2 N–H and O–H groups in total. The predicted molar refractivity (Wildman–Crippen MR) is 339 cm³/mol. The van der Waals surface area contributed by atoms with Crippen molar-refractivity contribution in [3.8, 4) is 0 Å². The maximum atomic E-state index is 13.0. The number of amides is 1. The van der Waals surface area contributed by atoms with E-state index in [-0.39, 0.29) is 19.1 Å². The molecule has 8 nitrogen and oxygen atoms in total. The van der Waals surface area contributed by atoms with Crippen molar-refractivity contribution in [2.45, 2.75) is 334 Å². The Balaban J connectivity index is 4.03. The highest BCUT2D eigenvalue weighted by Gasteiger charge is 2.24. The van der Waals surface area contributed by atoms with Crippen molar-refractivity contribution in [1.29, 1.82) is 0 Å². The van der Waals surface area contributed by atoms with E-state index in [1.54, 1.807) is 0 Å². The van der Waals surface area contributed by atoms with Gasteiger partial charge in [-0.2, -0.15) is 0 Å². The van der Waals surface area contributed by atoms with Gasteiger partial charge in [-0.15, -0.1) is 0 Å². The molecule has 0 bridgehead atoms. The topological polar surface area (TPSA) is 108 Å². The molecule has 0 aromatic rings. The second-order valence-electron chi connectivity index (χ2n) is 24.2. The second kappa shape index (κ2) is 59.8. The van der Waals surface area contributed by atoms with Gasteiger partial charge < -0.3 is 28.8 Å². The van der Waals surface area contributed by atoms with E-state index in [4.69, 9.17) is 9.05 Å². The zero-order chi connectivity index (χ0) is 57.0. The summed E-state index contributed by atoms with van der Waals surface area (Å²) in [6, 6.07) is -0.803. The normalized spacial score (nSPS) is 14.1. The summed E-state index contributed by atoms with van der Waals surface area (Å²) < 4.78 is 23.5. The molecule has 3 atom stereocenters. The van der Waals surface area contributed by atoms with Crippen molar-refractivity contribution < 1.29 is 32.9 Å². The number of phosphoric ester groups is 1. The smallest absolute Gasteiger partial charge is 0.268 e. The van der Waals surface area contributed by atoms with E-state index in [1.165, 1.54) is 225 Å². The van der Waals surface area contributed by atoms with Gasteiger partial charge >= 0.3 is 0 Å². The van der Waals surface area contributed by atoms with Crippen LogP contribution >= 0.6 is 7.82 Å². The van der Waals surface area contributed by atoms with E-state index in [2.05, 4.69) is 79.9 Å². The Morgan fingerprint density at radius 2 is 0.782 bits per heavy atom. The summed E-state index contributed by atoms with van der Waals surface area (Å²) in [5, 5.41) is 14.1. The lowest BCUT2D eigenvalue weighted by Gasteiger charge is -2.30. The van der Waals surface area contributed by atoms with Crippen LogP contribution in [0.5, 0.6) is 0 Å². The number of hydrogen-bond acceptors (Lipinski definition) is 6. The van der Waals surface area contributed by atoms with Crippen LogP contribution in [0.4, 0.5) is 0 Å². The molecule has 0 aliphatic rings. The molecule has 0 heterocycles. The zero-order valence-electron chi connectivity index (χ0n) is 52.4. The van der Waals surface area contributed by atoms with Crippen molar-refractivity contribution in [3.05, 3.63) is 60.8 Å². The number of carbonyl (C=O) groups is 1. The van der Waals surface area contributed by atoms with E-state index in [0.717, 1.165) is 70.6 Å². The number of likely N-dealkylation sites (N-methyl/N-ethyl adjacent to an activating group) is 1. The summed E-state index contributed by atoms with van der Waals surface area (Å²) in [7, 11) is 1.32. The third kappa shape index (κ3) is 61.8. The molecule has 0 saturated heterocycles. The maximum Gasteiger partial charge on any atom is 0.268 e. The summed E-state index contributed by atoms with van der Waals surface area (Å²) >= 11 is 0. The number of unbranched alkanes of at least 4 members (excludes halogenated alkanes) is 39. The molecule has 3 unspecified atom stereocenters. The van der Waals surface area contributed by atoms with Gasteiger partial charge in [-0.25, -0.2) is 0 Å². The summed E-state index contributed by atoms with van der Waals surface area (Å²) in [5.74, 6) is -0.160. The third-order valence-corrected chi connectivity index (χ3v) is 16.2. The van der Waals surface area contributed by atoms with Crippen molar-refractivity contribution >= 4 is 13.7 Å². The lowest BCUT2D eigenvalue weighted by Crippen LogP contribution is -2.46. The van der Waals surface area contributed by atoms with Gasteiger partial charge in [0.05, 0.1) is 39.9 Å². The molecule has 78 heavy (non-hydrogen) atoms. The molecular formula is C69H131N2O6P. The minimum absolute atomic E-state index is 0.0126. The van der Waals surface area contributed by atoms with Gasteiger partial charge in [-0.05, 0) is 57.8 Å². The number of hydrogen-bond donors (Lipinski definition) is 2. The van der Waals surface area contributed by atoms with Crippen LogP contribution in [-0.2, 0) is 18.4 Å². The number of nitrogens with one attached hydrogen (secondary N) is 1. The SMILES string of the molecule is CC/C=C\C/C=C\C/C=C\C/C=C\C/C=C\CCCCCCCCCCCCCCCCCCCC(=O)NC(COP(=O)([O-])OCC[N+](C)(C)C)C(O)CCCCCCCCCCCCCCCCCCCCCCCCC. The molecule has 0 aliphatic heterocycles. The van der Waals surface area contributed by atoms with E-state index in [0.29, 0.717) is 23.9 Å². The van der Waals surface area contributed by atoms with Gasteiger partial charge in [0.2, 0.25) is 5.91 Å². The lowest BCUT2D eigenvalue weighted by molar-refractivity contribution is -0.870. The van der Waals surface area contributed by atoms with E-state index in [1.807, 2.05) is 21.1 Å². The van der Waals surface area contributed by atoms with Gasteiger partial charge in [-0.3, -0.25) is 9.36 Å². The fraction of sp³-hybridized carbons (Fsp3) is 0.841. The first-order chi connectivity index (χ1) is 38.0. The molecule has 0 spiro atoms. The molecule has 0 saturated carbocycles. The van der Waals surface area contributed by atoms with Gasteiger partial charge in [0.25, 0.3) is 7.82 Å². The summed E-state index contributed by atoms with van der Waals surface area (Å²) in [6.07, 6.45) is 81.4. The first-order valence-corrected chi connectivity index (χ1v) is 35.1. The number of rotatable bonds is 62. The number of allylic oxidation sites excluding steroid dienone is 10. The molecule has 1 amide bonds. The molecule has 0 aromatic heterocycles. The van der Waals surface area contributed by atoms with Crippen LogP contribution in [-0.4, -0.2) is 68.5 Å². The van der Waals surface area contributed by atoms with Crippen LogP contribution in [0.2, 0.25) is 0 Å². The molecule has 0 fully saturated rings. The van der Waals surface area contributed by atoms with Crippen molar-refractivity contribution in [2.24, 2.45) is 0 Å². The zero-order valence-corrected chi connectivity index (χ0v) is 53.3. The Hall–Kier alpha value is -1.80. The van der Waals surface area contributed by atoms with Gasteiger partial charge in [0.15, 0.2) is 0 Å². The third-order valence-electron chi connectivity index (χ3n) is 15.3. The Labute approximate surface area is 485 Å². The van der Waals surface area contributed by atoms with Crippen LogP contribution in [0.3, 0.4) is 0 Å². The number of aliphatic hydroxyl groups excluding tert-OH is 1. The van der Waals surface area contributed by atoms with E-state index in [9.17, 15) is 19.4 Å². The molecular weight excluding hydrogens is 984 g/mol. The van der Waals surface area contributed by atoms with Crippen LogP contribution in [0.15, 0.2) is 60.8 Å². The molecule has 458 valence electrons. The van der Waals surface area contributed by atoms with E-state index >= 15 is 0 Å². The Morgan fingerprint density at radius 1 is 0.462 bits per heavy atom. The maximum absolute atomic E-state index is 13.0. The molecule has 9 heteroatoms. The minimum Gasteiger partial charge on any atom is -0.756 e. The van der Waals surface area contributed by atoms with Crippen LogP contribution in [0.25, 0.3) is 0 Å². The van der Waals surface area contributed by atoms with Crippen LogP contribution in [0.1, 0.15) is 322 Å². The number of phosphoric acid groups is 1. The highest BCUT2D eigenvalue weighted by molar-refractivity contribution is 7.45. The highest BCUT2D eigenvalue weighted by atomic mass is 31.2. The van der Waals surface area contributed by atoms with Crippen LogP contribution in [0, 0.1) is 0 Å². The minimum atomic E-state index is -4.58. The molecule has 0 aliphatic carbocycles. The average Bonchev–Trinajstić information content (AvgIpc) is 3.41. The first-order valence-electron chi connectivity index (χ1n) is 33.6. The van der Waals surface area contributed by atoms with Gasteiger partial charge in [-0.1, -0.05) is 319 Å². The lowest BCUT2D eigenvalue weighted by atomic mass is 10.0. The van der Waals surface area contributed by atoms with Crippen molar-refractivity contribution in [3.63, 3.8) is 0 Å². The number of carbonyl (C=O) groups excluding carboxylic acids is 1. The Morgan fingerprint density at radius 3 is 1.14 bits per heavy atom.